The Morgan fingerprint density at radius 2 is 1.82 bits per heavy atom. The van der Waals surface area contributed by atoms with Crippen LogP contribution in [0.1, 0.15) is 17.2 Å². The van der Waals surface area contributed by atoms with Crippen LogP contribution >= 0.6 is 0 Å². The maximum atomic E-state index is 13.4. The molecule has 4 aromatic rings. The monoisotopic (exact) mass is 377 g/mol. The number of rotatable bonds is 2. The van der Waals surface area contributed by atoms with Crippen molar-refractivity contribution >= 4 is 11.6 Å². The molecule has 138 valence electrons. The molecule has 0 saturated heterocycles. The summed E-state index contributed by atoms with van der Waals surface area (Å²) in [4.78, 5) is 12.5. The van der Waals surface area contributed by atoms with Gasteiger partial charge < -0.3 is 10.4 Å². The normalized spacial score (nSPS) is 14.8. The number of hydrogen-bond donors (Lipinski definition) is 3. The van der Waals surface area contributed by atoms with E-state index in [1.165, 1.54) is 16.8 Å². The zero-order chi connectivity index (χ0) is 19.3. The van der Waals surface area contributed by atoms with Gasteiger partial charge in [0.05, 0.1) is 5.69 Å². The lowest BCUT2D eigenvalue weighted by Crippen LogP contribution is -2.29. The van der Waals surface area contributed by atoms with Crippen LogP contribution in [0, 0.1) is 5.82 Å². The third-order valence-corrected chi connectivity index (χ3v) is 4.59. The largest absolute Gasteiger partial charge is 0.508 e. The maximum absolute atomic E-state index is 13.4. The van der Waals surface area contributed by atoms with E-state index in [0.29, 0.717) is 22.8 Å². The van der Waals surface area contributed by atoms with E-state index < -0.39 is 11.6 Å². The van der Waals surface area contributed by atoms with Gasteiger partial charge in [-0.25, -0.2) is 9.49 Å². The van der Waals surface area contributed by atoms with Crippen LogP contribution in [0.3, 0.4) is 0 Å². The Morgan fingerprint density at radius 3 is 2.57 bits per heavy atom. The van der Waals surface area contributed by atoms with E-state index in [1.807, 2.05) is 0 Å². The van der Waals surface area contributed by atoms with Crippen LogP contribution in [0.2, 0.25) is 0 Å². The van der Waals surface area contributed by atoms with Gasteiger partial charge in [-0.15, -0.1) is 0 Å². The van der Waals surface area contributed by atoms with Gasteiger partial charge in [-0.3, -0.25) is 4.79 Å². The molecule has 0 bridgehead atoms. The molecule has 0 fully saturated rings. The number of nitrogens with zero attached hydrogens (tertiary/aromatic N) is 5. The van der Waals surface area contributed by atoms with Crippen molar-refractivity contribution in [1.82, 2.24) is 30.4 Å². The van der Waals surface area contributed by atoms with Crippen molar-refractivity contribution < 1.29 is 9.50 Å². The third-order valence-electron chi connectivity index (χ3n) is 4.59. The standard InChI is InChI=1S/C18H12FN7O2/c19-11-5-1-9(2-6-11)14-13-15(17(28)22-21-14)20-18-23-24-25-26(18)16(13)10-3-7-12(27)8-4-10/h1-8,16,27H,(H,22,28)(H,20,23,25). The van der Waals surface area contributed by atoms with Crippen molar-refractivity contribution in [3.05, 3.63) is 75.8 Å². The van der Waals surface area contributed by atoms with Gasteiger partial charge >= 0.3 is 0 Å². The first-order chi connectivity index (χ1) is 13.6. The van der Waals surface area contributed by atoms with Crippen molar-refractivity contribution in [2.75, 3.05) is 5.32 Å². The minimum absolute atomic E-state index is 0.109. The molecule has 0 aliphatic carbocycles. The summed E-state index contributed by atoms with van der Waals surface area (Å²) in [5, 5.41) is 30.9. The van der Waals surface area contributed by atoms with E-state index in [4.69, 9.17) is 0 Å². The molecule has 0 saturated carbocycles. The highest BCUT2D eigenvalue weighted by atomic mass is 19.1. The molecule has 5 rings (SSSR count). The maximum Gasteiger partial charge on any atom is 0.288 e. The average molecular weight is 377 g/mol. The van der Waals surface area contributed by atoms with Gasteiger partial charge in [-0.2, -0.15) is 9.78 Å². The van der Waals surface area contributed by atoms with Gasteiger partial charge in [0.2, 0.25) is 5.95 Å². The molecule has 1 aliphatic heterocycles. The molecule has 3 N–H and O–H groups in total. The Kier molecular flexibility index (Phi) is 3.44. The molecular weight excluding hydrogens is 365 g/mol. The van der Waals surface area contributed by atoms with Crippen LogP contribution in [-0.4, -0.2) is 35.5 Å². The molecule has 28 heavy (non-hydrogen) atoms. The molecule has 9 nitrogen and oxygen atoms in total. The van der Waals surface area contributed by atoms with E-state index >= 15 is 0 Å². The Hall–Kier alpha value is -4.08. The fourth-order valence-electron chi connectivity index (χ4n) is 3.33. The molecule has 10 heteroatoms. The van der Waals surface area contributed by atoms with Crippen LogP contribution in [-0.2, 0) is 0 Å². The van der Waals surface area contributed by atoms with Crippen molar-refractivity contribution in [1.29, 1.82) is 0 Å². The van der Waals surface area contributed by atoms with Crippen LogP contribution in [0.4, 0.5) is 16.0 Å². The van der Waals surface area contributed by atoms with Crippen LogP contribution in [0.15, 0.2) is 53.3 Å². The van der Waals surface area contributed by atoms with Crippen LogP contribution in [0.25, 0.3) is 11.3 Å². The van der Waals surface area contributed by atoms with E-state index in [1.54, 1.807) is 36.4 Å². The number of phenols is 1. The topological polar surface area (TPSA) is 122 Å². The number of aromatic amines is 1. The smallest absolute Gasteiger partial charge is 0.288 e. The predicted molar refractivity (Wildman–Crippen MR) is 96.7 cm³/mol. The number of hydrogen-bond acceptors (Lipinski definition) is 7. The number of aromatic hydroxyl groups is 1. The predicted octanol–water partition coefficient (Wildman–Crippen LogP) is 1.96. The number of anilines is 2. The van der Waals surface area contributed by atoms with Gasteiger partial charge in [-0.1, -0.05) is 17.2 Å². The van der Waals surface area contributed by atoms with E-state index in [9.17, 15) is 14.3 Å². The van der Waals surface area contributed by atoms with Crippen molar-refractivity contribution in [3.8, 4) is 17.0 Å². The van der Waals surface area contributed by atoms with E-state index in [0.717, 1.165) is 5.56 Å². The average Bonchev–Trinajstić information content (AvgIpc) is 3.17. The second-order valence-electron chi connectivity index (χ2n) is 6.26. The Balaban J connectivity index is 1.81. The summed E-state index contributed by atoms with van der Waals surface area (Å²) in [6.45, 7) is 0. The molecule has 2 aromatic carbocycles. The molecule has 3 heterocycles. The van der Waals surface area contributed by atoms with Gasteiger partial charge in [0.15, 0.2) is 0 Å². The quantitative estimate of drug-likeness (QED) is 0.430. The number of fused-ring (bicyclic) bond motifs is 2. The fraction of sp³-hybridized carbons (Fsp3) is 0.0556. The van der Waals surface area contributed by atoms with Gasteiger partial charge in [0.25, 0.3) is 5.56 Å². The summed E-state index contributed by atoms with van der Waals surface area (Å²) in [6, 6.07) is 11.8. The SMILES string of the molecule is O=c1[nH]nc(-c2ccc(F)cc2)c2c1Nc1nnnn1C2c1ccc(O)cc1. The zero-order valence-corrected chi connectivity index (χ0v) is 14.2. The highest BCUT2D eigenvalue weighted by Gasteiger charge is 2.34. The van der Waals surface area contributed by atoms with E-state index in [-0.39, 0.29) is 17.3 Å². The summed E-state index contributed by atoms with van der Waals surface area (Å²) >= 11 is 0. The number of nitrogens with one attached hydrogen (secondary N) is 2. The first-order valence-corrected chi connectivity index (χ1v) is 8.34. The van der Waals surface area contributed by atoms with Gasteiger partial charge in [-0.05, 0) is 52.4 Å². The lowest BCUT2D eigenvalue weighted by Gasteiger charge is -2.27. The van der Waals surface area contributed by atoms with Gasteiger partial charge in [0, 0.05) is 11.1 Å². The number of halogens is 1. The Morgan fingerprint density at radius 1 is 1.07 bits per heavy atom. The molecule has 2 aromatic heterocycles. The molecule has 0 radical (unpaired) electrons. The zero-order valence-electron chi connectivity index (χ0n) is 14.2. The number of tetrazole rings is 1. The number of aromatic nitrogens is 6. The van der Waals surface area contributed by atoms with Crippen molar-refractivity contribution in [2.45, 2.75) is 6.04 Å². The number of benzene rings is 2. The molecule has 1 aliphatic rings. The minimum atomic E-state index is -0.572. The molecule has 0 amide bonds. The number of phenolic OH excluding ortho intramolecular Hbond substituents is 1. The lowest BCUT2D eigenvalue weighted by atomic mass is 9.92. The summed E-state index contributed by atoms with van der Waals surface area (Å²) in [7, 11) is 0. The lowest BCUT2D eigenvalue weighted by molar-refractivity contribution is 0.474. The fourth-order valence-corrected chi connectivity index (χ4v) is 3.33. The third kappa shape index (κ3) is 2.42. The van der Waals surface area contributed by atoms with Crippen molar-refractivity contribution in [2.24, 2.45) is 0 Å². The second-order valence-corrected chi connectivity index (χ2v) is 6.26. The van der Waals surface area contributed by atoms with Gasteiger partial charge in [0.1, 0.15) is 23.3 Å². The highest BCUT2D eigenvalue weighted by Crippen LogP contribution is 2.41. The molecule has 0 spiro atoms. The summed E-state index contributed by atoms with van der Waals surface area (Å²) in [5.41, 5.74) is 2.19. The molecule has 1 atom stereocenters. The van der Waals surface area contributed by atoms with Crippen LogP contribution < -0.4 is 10.9 Å². The summed E-state index contributed by atoms with van der Waals surface area (Å²) in [5.74, 6) is 0.0305. The first kappa shape index (κ1) is 16.1. The highest BCUT2D eigenvalue weighted by molar-refractivity contribution is 5.75. The first-order valence-electron chi connectivity index (χ1n) is 8.34. The molecule has 1 unspecified atom stereocenters. The van der Waals surface area contributed by atoms with Crippen LogP contribution in [0.5, 0.6) is 5.75 Å². The summed E-state index contributed by atoms with van der Waals surface area (Å²) in [6.07, 6.45) is 0. The second kappa shape index (κ2) is 5.98. The number of H-pyrrole nitrogens is 1. The Bertz CT molecular complexity index is 1230. The van der Waals surface area contributed by atoms with Crippen molar-refractivity contribution in [3.63, 3.8) is 0 Å². The molecular formula is C18H12FN7O2. The minimum Gasteiger partial charge on any atom is -0.508 e. The summed E-state index contributed by atoms with van der Waals surface area (Å²) < 4.78 is 14.9. The van der Waals surface area contributed by atoms with E-state index in [2.05, 4.69) is 31.0 Å². The Labute approximate surface area is 156 Å².